The molecule has 1 aliphatic rings. The molecule has 31 heavy (non-hydrogen) atoms. The Labute approximate surface area is 182 Å². The highest BCUT2D eigenvalue weighted by molar-refractivity contribution is 5.75. The minimum absolute atomic E-state index is 0.0371. The van der Waals surface area contributed by atoms with Crippen LogP contribution in [0.4, 0.5) is 0 Å². The zero-order valence-electron chi connectivity index (χ0n) is 18.0. The first-order valence-corrected chi connectivity index (χ1v) is 10.9. The molecule has 2 heterocycles. The number of ether oxygens (including phenoxy) is 2. The van der Waals surface area contributed by atoms with E-state index < -0.39 is 6.10 Å². The van der Waals surface area contributed by atoms with Gasteiger partial charge in [0.1, 0.15) is 5.75 Å². The summed E-state index contributed by atoms with van der Waals surface area (Å²) < 4.78 is 12.7. The van der Waals surface area contributed by atoms with Crippen LogP contribution >= 0.6 is 0 Å². The highest BCUT2D eigenvalue weighted by atomic mass is 16.5. The van der Waals surface area contributed by atoms with Gasteiger partial charge >= 0.3 is 5.69 Å². The smallest absolute Gasteiger partial charge is 0.326 e. The van der Waals surface area contributed by atoms with Crippen molar-refractivity contribution in [2.24, 2.45) is 0 Å². The van der Waals surface area contributed by atoms with Crippen LogP contribution in [-0.2, 0) is 11.2 Å². The average Bonchev–Trinajstić information content (AvgIpc) is 3.13. The third kappa shape index (κ3) is 5.36. The summed E-state index contributed by atoms with van der Waals surface area (Å²) in [6.07, 6.45) is 2.09. The van der Waals surface area contributed by atoms with Crippen molar-refractivity contribution < 1.29 is 14.6 Å². The number of fused-ring (bicyclic) bond motifs is 1. The Balaban J connectivity index is 1.19. The zero-order chi connectivity index (χ0) is 21.6. The van der Waals surface area contributed by atoms with Gasteiger partial charge in [-0.2, -0.15) is 0 Å². The van der Waals surface area contributed by atoms with Crippen LogP contribution < -0.4 is 10.4 Å². The summed E-state index contributed by atoms with van der Waals surface area (Å²) in [4.78, 5) is 17.6. The lowest BCUT2D eigenvalue weighted by atomic mass is 10.0. The molecule has 0 bridgehead atoms. The van der Waals surface area contributed by atoms with Crippen LogP contribution in [0.2, 0.25) is 0 Å². The van der Waals surface area contributed by atoms with Crippen molar-refractivity contribution in [2.45, 2.75) is 31.4 Å². The second-order valence-electron chi connectivity index (χ2n) is 8.18. The van der Waals surface area contributed by atoms with Gasteiger partial charge in [0.2, 0.25) is 0 Å². The van der Waals surface area contributed by atoms with Crippen LogP contribution in [0, 0.1) is 0 Å². The Morgan fingerprint density at radius 2 is 1.87 bits per heavy atom. The molecule has 4 rings (SSSR count). The molecule has 1 atom stereocenters. The van der Waals surface area contributed by atoms with Gasteiger partial charge in [-0.3, -0.25) is 4.57 Å². The molecular formula is C24H31N3O4. The molecule has 7 heteroatoms. The summed E-state index contributed by atoms with van der Waals surface area (Å²) in [6, 6.07) is 16.0. The van der Waals surface area contributed by atoms with E-state index in [1.165, 1.54) is 5.56 Å². The number of benzene rings is 2. The summed E-state index contributed by atoms with van der Waals surface area (Å²) >= 11 is 0. The summed E-state index contributed by atoms with van der Waals surface area (Å²) in [6.45, 7) is 3.23. The van der Waals surface area contributed by atoms with Gasteiger partial charge in [0.25, 0.3) is 0 Å². The molecule has 7 nitrogen and oxygen atoms in total. The zero-order valence-corrected chi connectivity index (χ0v) is 18.0. The topological polar surface area (TPSA) is 79.7 Å². The SMILES string of the molecule is COc1ccc(CCOCC(O)CN2CCC(n3c(=O)[nH]c4ccccc43)CC2)cc1. The number of para-hydroxylation sites is 2. The van der Waals surface area contributed by atoms with Crippen molar-refractivity contribution in [2.75, 3.05) is 40.0 Å². The fourth-order valence-corrected chi connectivity index (χ4v) is 4.35. The molecule has 1 aromatic heterocycles. The van der Waals surface area contributed by atoms with Crippen molar-refractivity contribution in [1.29, 1.82) is 0 Å². The fraction of sp³-hybridized carbons (Fsp3) is 0.458. The number of aromatic amines is 1. The van der Waals surface area contributed by atoms with E-state index in [1.54, 1.807) is 7.11 Å². The molecule has 1 unspecified atom stereocenters. The summed E-state index contributed by atoms with van der Waals surface area (Å²) in [5.41, 5.74) is 3.00. The molecule has 0 spiro atoms. The molecule has 0 saturated carbocycles. The highest BCUT2D eigenvalue weighted by Gasteiger charge is 2.24. The minimum atomic E-state index is -0.511. The average molecular weight is 426 g/mol. The lowest BCUT2D eigenvalue weighted by molar-refractivity contribution is 0.0120. The number of β-amino-alcohol motifs (C(OH)–C–C–N with tert-alkyl or cyclic N) is 1. The molecule has 1 aliphatic heterocycles. The molecule has 2 N–H and O–H groups in total. The summed E-state index contributed by atoms with van der Waals surface area (Å²) in [7, 11) is 1.66. The molecule has 1 saturated heterocycles. The predicted molar refractivity (Wildman–Crippen MR) is 121 cm³/mol. The molecule has 166 valence electrons. The van der Waals surface area contributed by atoms with Crippen LogP contribution in [0.3, 0.4) is 0 Å². The number of H-pyrrole nitrogens is 1. The van der Waals surface area contributed by atoms with Crippen molar-refractivity contribution >= 4 is 11.0 Å². The van der Waals surface area contributed by atoms with E-state index >= 15 is 0 Å². The van der Waals surface area contributed by atoms with Crippen LogP contribution in [-0.4, -0.2) is 65.6 Å². The Morgan fingerprint density at radius 3 is 2.61 bits per heavy atom. The maximum Gasteiger partial charge on any atom is 0.326 e. The summed E-state index contributed by atoms with van der Waals surface area (Å²) in [5, 5.41) is 10.4. The van der Waals surface area contributed by atoms with Gasteiger partial charge in [0.05, 0.1) is 37.5 Å². The van der Waals surface area contributed by atoms with Gasteiger partial charge in [0.15, 0.2) is 0 Å². The second-order valence-corrected chi connectivity index (χ2v) is 8.18. The van der Waals surface area contributed by atoms with Crippen molar-refractivity contribution in [3.63, 3.8) is 0 Å². The van der Waals surface area contributed by atoms with E-state index in [9.17, 15) is 9.90 Å². The maximum absolute atomic E-state index is 12.4. The van der Waals surface area contributed by atoms with Gasteiger partial charge in [-0.25, -0.2) is 4.79 Å². The number of aliphatic hydroxyl groups excluding tert-OH is 1. The monoisotopic (exact) mass is 425 g/mol. The van der Waals surface area contributed by atoms with E-state index in [1.807, 2.05) is 53.1 Å². The molecule has 3 aromatic rings. The Morgan fingerprint density at radius 1 is 1.13 bits per heavy atom. The Hall–Kier alpha value is -2.61. The number of methoxy groups -OCH3 is 1. The normalized spacial score (nSPS) is 16.6. The molecule has 0 aliphatic carbocycles. The lowest BCUT2D eigenvalue weighted by Gasteiger charge is -2.33. The number of hydrogen-bond donors (Lipinski definition) is 2. The fourth-order valence-electron chi connectivity index (χ4n) is 4.35. The van der Waals surface area contributed by atoms with E-state index in [-0.39, 0.29) is 11.7 Å². The van der Waals surface area contributed by atoms with Gasteiger partial charge < -0.3 is 24.5 Å². The third-order valence-electron chi connectivity index (χ3n) is 6.02. The largest absolute Gasteiger partial charge is 0.497 e. The van der Waals surface area contributed by atoms with Crippen molar-refractivity contribution in [1.82, 2.24) is 14.5 Å². The maximum atomic E-state index is 12.4. The Kier molecular flexibility index (Phi) is 7.06. The van der Waals surface area contributed by atoms with Crippen LogP contribution in [0.25, 0.3) is 11.0 Å². The van der Waals surface area contributed by atoms with Crippen LogP contribution in [0.1, 0.15) is 24.4 Å². The molecule has 0 radical (unpaired) electrons. The highest BCUT2D eigenvalue weighted by Crippen LogP contribution is 2.24. The number of aromatic nitrogens is 2. The molecule has 1 fully saturated rings. The lowest BCUT2D eigenvalue weighted by Crippen LogP contribution is -2.41. The number of imidazole rings is 1. The van der Waals surface area contributed by atoms with Crippen LogP contribution in [0.5, 0.6) is 5.75 Å². The quantitative estimate of drug-likeness (QED) is 0.515. The number of piperidine rings is 1. The van der Waals surface area contributed by atoms with Crippen molar-refractivity contribution in [3.8, 4) is 5.75 Å². The minimum Gasteiger partial charge on any atom is -0.497 e. The molecular weight excluding hydrogens is 394 g/mol. The van der Waals surface area contributed by atoms with E-state index in [2.05, 4.69) is 9.88 Å². The van der Waals surface area contributed by atoms with E-state index in [0.29, 0.717) is 19.8 Å². The number of hydrogen-bond acceptors (Lipinski definition) is 5. The molecule has 2 aromatic carbocycles. The van der Waals surface area contributed by atoms with Crippen molar-refractivity contribution in [3.05, 3.63) is 64.6 Å². The first-order chi connectivity index (χ1) is 15.1. The third-order valence-corrected chi connectivity index (χ3v) is 6.02. The molecule has 0 amide bonds. The standard InChI is InChI=1S/C24H31N3O4/c1-30-21-8-6-18(7-9-21)12-15-31-17-20(28)16-26-13-10-19(11-14-26)27-23-5-3-2-4-22(23)25-24(27)29/h2-9,19-20,28H,10-17H2,1H3,(H,25,29). The summed E-state index contributed by atoms with van der Waals surface area (Å²) in [5.74, 6) is 0.846. The predicted octanol–water partition coefficient (Wildman–Crippen LogP) is 2.60. The number of nitrogens with zero attached hydrogens (tertiary/aromatic N) is 2. The first-order valence-electron chi connectivity index (χ1n) is 10.9. The number of likely N-dealkylation sites (tertiary alicyclic amines) is 1. The van der Waals surface area contributed by atoms with E-state index in [4.69, 9.17) is 9.47 Å². The second kappa shape index (κ2) is 10.1. The van der Waals surface area contributed by atoms with Crippen LogP contribution in [0.15, 0.2) is 53.3 Å². The van der Waals surface area contributed by atoms with Gasteiger partial charge in [-0.15, -0.1) is 0 Å². The van der Waals surface area contributed by atoms with E-state index in [0.717, 1.165) is 49.1 Å². The number of rotatable bonds is 9. The van der Waals surface area contributed by atoms with Gasteiger partial charge in [-0.05, 0) is 49.1 Å². The Bertz CT molecular complexity index is 1020. The number of nitrogens with one attached hydrogen (secondary N) is 1. The number of aliphatic hydroxyl groups is 1. The first kappa shape index (κ1) is 21.6. The van der Waals surface area contributed by atoms with Gasteiger partial charge in [-0.1, -0.05) is 24.3 Å². The van der Waals surface area contributed by atoms with Gasteiger partial charge in [0, 0.05) is 25.7 Å².